The second-order valence-electron chi connectivity index (χ2n) is 8.35. The Bertz CT molecular complexity index is 793. The van der Waals surface area contributed by atoms with Crippen molar-refractivity contribution in [2.24, 2.45) is 5.92 Å². The predicted molar refractivity (Wildman–Crippen MR) is 110 cm³/mol. The third kappa shape index (κ3) is 4.87. The molecule has 0 bridgehead atoms. The van der Waals surface area contributed by atoms with Crippen molar-refractivity contribution in [1.82, 2.24) is 9.80 Å². The molecule has 1 aromatic carbocycles. The molecule has 0 radical (unpaired) electrons. The lowest BCUT2D eigenvalue weighted by molar-refractivity contribution is -0.130. The average Bonchev–Trinajstić information content (AvgIpc) is 2.88. The first-order valence-corrected chi connectivity index (χ1v) is 11.9. The lowest BCUT2D eigenvalue weighted by Gasteiger charge is -2.40. The van der Waals surface area contributed by atoms with E-state index in [0.717, 1.165) is 24.3 Å². The summed E-state index contributed by atoms with van der Waals surface area (Å²) in [6.07, 6.45) is 1.57. The van der Waals surface area contributed by atoms with Crippen LogP contribution in [0.15, 0.2) is 24.3 Å². The van der Waals surface area contributed by atoms with E-state index in [1.165, 1.54) is 0 Å². The van der Waals surface area contributed by atoms with Gasteiger partial charge in [0, 0.05) is 32.2 Å². The summed E-state index contributed by atoms with van der Waals surface area (Å²) in [5.74, 6) is 1.52. The standard InChI is InChI=1S/C21H32N2O4S/c1-16(2)15-23-11-12-28(25,26)20-8-10-22(9-7-19(20)23)21(24)14-17-5-4-6-18(13-17)27-3/h4-6,13,16,19-20H,7-12,14-15H2,1-3H3/t19-,20+/m0/s1. The average molecular weight is 409 g/mol. The van der Waals surface area contributed by atoms with Crippen LogP contribution in [0.5, 0.6) is 5.75 Å². The number of carbonyl (C=O) groups excluding carboxylic acids is 1. The highest BCUT2D eigenvalue weighted by Gasteiger charge is 2.43. The van der Waals surface area contributed by atoms with E-state index in [2.05, 4.69) is 18.7 Å². The van der Waals surface area contributed by atoms with Crippen molar-refractivity contribution in [2.45, 2.75) is 44.4 Å². The first kappa shape index (κ1) is 21.1. The van der Waals surface area contributed by atoms with E-state index in [-0.39, 0.29) is 23.0 Å². The molecule has 0 unspecified atom stereocenters. The van der Waals surface area contributed by atoms with E-state index in [9.17, 15) is 13.2 Å². The van der Waals surface area contributed by atoms with Crippen LogP contribution in [0.1, 0.15) is 32.3 Å². The Balaban J connectivity index is 1.70. The number of amides is 1. The molecule has 0 N–H and O–H groups in total. The van der Waals surface area contributed by atoms with E-state index >= 15 is 0 Å². The number of rotatable bonds is 5. The molecule has 0 spiro atoms. The number of methoxy groups -OCH3 is 1. The molecule has 1 amide bonds. The maximum atomic E-state index is 12.9. The summed E-state index contributed by atoms with van der Waals surface area (Å²) in [7, 11) is -1.48. The molecule has 2 fully saturated rings. The van der Waals surface area contributed by atoms with Gasteiger partial charge >= 0.3 is 0 Å². The van der Waals surface area contributed by atoms with Crippen molar-refractivity contribution in [1.29, 1.82) is 0 Å². The van der Waals surface area contributed by atoms with E-state index < -0.39 is 9.84 Å². The molecular formula is C21H32N2O4S. The molecule has 2 aliphatic heterocycles. The smallest absolute Gasteiger partial charge is 0.226 e. The van der Waals surface area contributed by atoms with Gasteiger partial charge in [0.15, 0.2) is 9.84 Å². The fourth-order valence-corrected chi connectivity index (χ4v) is 6.52. The van der Waals surface area contributed by atoms with Gasteiger partial charge in [0.05, 0.1) is 24.5 Å². The van der Waals surface area contributed by atoms with Crippen LogP contribution in [-0.2, 0) is 21.1 Å². The number of fused-ring (bicyclic) bond motifs is 1. The van der Waals surface area contributed by atoms with Crippen LogP contribution in [0.25, 0.3) is 0 Å². The number of hydrogen-bond acceptors (Lipinski definition) is 5. The molecule has 156 valence electrons. The lowest BCUT2D eigenvalue weighted by atomic mass is 10.0. The Kier molecular flexibility index (Phi) is 6.65. The van der Waals surface area contributed by atoms with Crippen LogP contribution in [0.2, 0.25) is 0 Å². The van der Waals surface area contributed by atoms with Gasteiger partial charge in [-0.25, -0.2) is 8.42 Å². The minimum absolute atomic E-state index is 0.0239. The maximum Gasteiger partial charge on any atom is 0.226 e. The Morgan fingerprint density at radius 1 is 1.21 bits per heavy atom. The van der Waals surface area contributed by atoms with Crippen LogP contribution in [0.4, 0.5) is 0 Å². The largest absolute Gasteiger partial charge is 0.497 e. The first-order chi connectivity index (χ1) is 13.3. The van der Waals surface area contributed by atoms with Gasteiger partial charge in [-0.05, 0) is 36.5 Å². The summed E-state index contributed by atoms with van der Waals surface area (Å²) in [5.41, 5.74) is 0.917. The third-order valence-electron chi connectivity index (χ3n) is 5.84. The molecular weight excluding hydrogens is 376 g/mol. The molecule has 0 aromatic heterocycles. The summed E-state index contributed by atoms with van der Waals surface area (Å²) >= 11 is 0. The second kappa shape index (κ2) is 8.82. The zero-order chi connectivity index (χ0) is 20.3. The SMILES string of the molecule is COc1cccc(CC(=O)N2CC[C@@H]3[C@H](CC2)N(CC(C)C)CCS3(=O)=O)c1. The van der Waals surface area contributed by atoms with Gasteiger partial charge in [0.1, 0.15) is 5.75 Å². The summed E-state index contributed by atoms with van der Waals surface area (Å²) in [6.45, 7) is 6.98. The highest BCUT2D eigenvalue weighted by Crippen LogP contribution is 2.29. The molecule has 28 heavy (non-hydrogen) atoms. The highest BCUT2D eigenvalue weighted by atomic mass is 32.2. The van der Waals surface area contributed by atoms with Crippen molar-refractivity contribution >= 4 is 15.7 Å². The summed E-state index contributed by atoms with van der Waals surface area (Å²) < 4.78 is 30.6. The third-order valence-corrected chi connectivity index (χ3v) is 8.07. The van der Waals surface area contributed by atoms with E-state index in [4.69, 9.17) is 4.74 Å². The van der Waals surface area contributed by atoms with Gasteiger partial charge in [0.25, 0.3) is 0 Å². The molecule has 2 saturated heterocycles. The quantitative estimate of drug-likeness (QED) is 0.745. The molecule has 0 aliphatic carbocycles. The second-order valence-corrected chi connectivity index (χ2v) is 10.7. The van der Waals surface area contributed by atoms with Crippen molar-refractivity contribution in [2.75, 3.05) is 39.0 Å². The van der Waals surface area contributed by atoms with Crippen LogP contribution in [0, 0.1) is 5.92 Å². The van der Waals surface area contributed by atoms with Crippen molar-refractivity contribution < 1.29 is 17.9 Å². The first-order valence-electron chi connectivity index (χ1n) is 10.2. The normalized spacial score (nSPS) is 25.2. The van der Waals surface area contributed by atoms with Crippen LogP contribution in [0.3, 0.4) is 0 Å². The number of carbonyl (C=O) groups is 1. The monoisotopic (exact) mass is 408 g/mol. The molecule has 0 saturated carbocycles. The fourth-order valence-electron chi connectivity index (χ4n) is 4.47. The minimum Gasteiger partial charge on any atom is -0.497 e. The summed E-state index contributed by atoms with van der Waals surface area (Å²) in [5, 5.41) is -0.352. The number of sulfone groups is 1. The fraction of sp³-hybridized carbons (Fsp3) is 0.667. The van der Waals surface area contributed by atoms with Crippen LogP contribution < -0.4 is 4.74 Å². The Hall–Kier alpha value is -1.60. The topological polar surface area (TPSA) is 66.9 Å². The predicted octanol–water partition coefficient (Wildman–Crippen LogP) is 1.98. The van der Waals surface area contributed by atoms with Crippen LogP contribution >= 0.6 is 0 Å². The zero-order valence-electron chi connectivity index (χ0n) is 17.1. The van der Waals surface area contributed by atoms with Crippen molar-refractivity contribution in [3.8, 4) is 5.75 Å². The Morgan fingerprint density at radius 2 is 1.96 bits per heavy atom. The van der Waals surface area contributed by atoms with Gasteiger partial charge in [0.2, 0.25) is 5.91 Å². The zero-order valence-corrected chi connectivity index (χ0v) is 18.0. The molecule has 1 aromatic rings. The Morgan fingerprint density at radius 3 is 2.68 bits per heavy atom. The molecule has 2 atom stereocenters. The van der Waals surface area contributed by atoms with Gasteiger partial charge in [-0.1, -0.05) is 26.0 Å². The molecule has 6 nitrogen and oxygen atoms in total. The van der Waals surface area contributed by atoms with Crippen molar-refractivity contribution in [3.63, 3.8) is 0 Å². The molecule has 7 heteroatoms. The van der Waals surface area contributed by atoms with E-state index in [1.807, 2.05) is 29.2 Å². The highest BCUT2D eigenvalue weighted by molar-refractivity contribution is 7.92. The van der Waals surface area contributed by atoms with Crippen LogP contribution in [-0.4, -0.2) is 74.5 Å². The number of benzene rings is 1. The molecule has 2 aliphatic rings. The Labute approximate surface area is 168 Å². The summed E-state index contributed by atoms with van der Waals surface area (Å²) in [4.78, 5) is 17.1. The van der Waals surface area contributed by atoms with E-state index in [0.29, 0.717) is 38.4 Å². The maximum absolute atomic E-state index is 12.9. The molecule has 3 rings (SSSR count). The molecule has 2 heterocycles. The number of nitrogens with zero attached hydrogens (tertiary/aromatic N) is 2. The van der Waals surface area contributed by atoms with Gasteiger partial charge in [-0.2, -0.15) is 0 Å². The lowest BCUT2D eigenvalue weighted by Crippen LogP contribution is -2.55. The minimum atomic E-state index is -3.09. The number of ether oxygens (including phenoxy) is 1. The van der Waals surface area contributed by atoms with Gasteiger partial charge in [-0.15, -0.1) is 0 Å². The number of hydrogen-bond donors (Lipinski definition) is 0. The van der Waals surface area contributed by atoms with Crippen molar-refractivity contribution in [3.05, 3.63) is 29.8 Å². The van der Waals surface area contributed by atoms with Gasteiger partial charge < -0.3 is 9.64 Å². The van der Waals surface area contributed by atoms with E-state index in [1.54, 1.807) is 7.11 Å². The number of likely N-dealkylation sites (tertiary alicyclic amines) is 1. The summed E-state index contributed by atoms with van der Waals surface area (Å²) in [6, 6.07) is 7.57. The van der Waals surface area contributed by atoms with Gasteiger partial charge in [-0.3, -0.25) is 9.69 Å².